The van der Waals surface area contributed by atoms with Crippen molar-refractivity contribution in [2.24, 2.45) is 5.92 Å². The van der Waals surface area contributed by atoms with E-state index >= 15 is 0 Å². The van der Waals surface area contributed by atoms with Crippen LogP contribution in [0.5, 0.6) is 0 Å². The fraction of sp³-hybridized carbons (Fsp3) is 0.158. The number of Topliss-reactive ketones (excluding diaryl/α,β-unsaturated/α-hetero) is 1. The molecule has 0 bridgehead atoms. The van der Waals surface area contributed by atoms with E-state index in [0.29, 0.717) is 10.5 Å². The molecule has 2 aromatic carbocycles. The zero-order valence-electron chi connectivity index (χ0n) is 13.8. The minimum atomic E-state index is -1.52. The molecule has 1 heterocycles. The summed E-state index contributed by atoms with van der Waals surface area (Å²) >= 11 is 0.830. The Morgan fingerprint density at radius 2 is 1.73 bits per heavy atom. The summed E-state index contributed by atoms with van der Waals surface area (Å²) in [6, 6.07) is 13.0. The molecule has 6 nitrogen and oxygen atoms in total. The minimum absolute atomic E-state index is 0.293. The molecule has 1 aliphatic heterocycles. The van der Waals surface area contributed by atoms with E-state index in [2.05, 4.69) is 5.32 Å². The zero-order valence-corrected chi connectivity index (χ0v) is 14.6. The third-order valence-electron chi connectivity index (χ3n) is 4.02. The van der Waals surface area contributed by atoms with E-state index in [9.17, 15) is 19.2 Å². The van der Waals surface area contributed by atoms with Crippen LogP contribution in [0.2, 0.25) is 0 Å². The van der Waals surface area contributed by atoms with Crippen LogP contribution in [0.4, 0.5) is 0 Å². The first-order valence-corrected chi connectivity index (χ1v) is 8.65. The fourth-order valence-electron chi connectivity index (χ4n) is 2.66. The van der Waals surface area contributed by atoms with Gasteiger partial charge in [0.1, 0.15) is 6.54 Å². The van der Waals surface area contributed by atoms with Gasteiger partial charge < -0.3 is 10.4 Å². The number of ketones is 1. The van der Waals surface area contributed by atoms with Gasteiger partial charge in [-0.25, -0.2) is 0 Å². The topological polar surface area (TPSA) is 101 Å². The summed E-state index contributed by atoms with van der Waals surface area (Å²) in [5.74, 6) is -4.26. The summed E-state index contributed by atoms with van der Waals surface area (Å²) in [6.45, 7) is 1.35. The molecule has 0 spiro atoms. The second-order valence-corrected chi connectivity index (χ2v) is 6.95. The van der Waals surface area contributed by atoms with Crippen LogP contribution < -0.4 is 5.32 Å². The van der Waals surface area contributed by atoms with Crippen molar-refractivity contribution >= 4 is 34.5 Å². The van der Waals surface area contributed by atoms with Crippen LogP contribution in [-0.4, -0.2) is 34.4 Å². The van der Waals surface area contributed by atoms with E-state index in [-0.39, 0.29) is 0 Å². The number of rotatable bonds is 4. The van der Waals surface area contributed by atoms with Crippen LogP contribution in [0, 0.1) is 12.8 Å². The standard InChI is InChI=1S/C19H15NO5S/c1-10-2-4-11(5-3-10)12-6-7-13-14(8-12)26-19(25)16(17(13)23)18(24)20-9-15(21)22/h2-8,16H,9H2,1H3,(H,20,24)(H,21,22). The predicted molar refractivity (Wildman–Crippen MR) is 95.9 cm³/mol. The van der Waals surface area contributed by atoms with Crippen molar-refractivity contribution in [2.75, 3.05) is 6.54 Å². The quantitative estimate of drug-likeness (QED) is 0.802. The van der Waals surface area contributed by atoms with Crippen molar-refractivity contribution in [1.82, 2.24) is 5.32 Å². The van der Waals surface area contributed by atoms with E-state index in [0.717, 1.165) is 28.5 Å². The number of hydrogen-bond acceptors (Lipinski definition) is 5. The van der Waals surface area contributed by atoms with Gasteiger partial charge in [0.25, 0.3) is 0 Å². The largest absolute Gasteiger partial charge is 0.480 e. The van der Waals surface area contributed by atoms with Crippen molar-refractivity contribution in [1.29, 1.82) is 0 Å². The first-order chi connectivity index (χ1) is 12.4. The van der Waals surface area contributed by atoms with Gasteiger partial charge in [0.15, 0.2) is 11.7 Å². The van der Waals surface area contributed by atoms with Crippen molar-refractivity contribution < 1.29 is 24.3 Å². The monoisotopic (exact) mass is 369 g/mol. The first kappa shape index (κ1) is 17.9. The lowest BCUT2D eigenvalue weighted by atomic mass is 9.94. The van der Waals surface area contributed by atoms with Crippen LogP contribution in [0.3, 0.4) is 0 Å². The Morgan fingerprint density at radius 3 is 2.38 bits per heavy atom. The smallest absolute Gasteiger partial charge is 0.322 e. The van der Waals surface area contributed by atoms with Crippen molar-refractivity contribution in [2.45, 2.75) is 11.8 Å². The average Bonchev–Trinajstić information content (AvgIpc) is 2.60. The molecular formula is C19H15NO5S. The molecule has 3 rings (SSSR count). The Balaban J connectivity index is 1.89. The predicted octanol–water partition coefficient (Wildman–Crippen LogP) is 2.29. The van der Waals surface area contributed by atoms with Crippen LogP contribution in [0.15, 0.2) is 47.4 Å². The number of aryl methyl sites for hydroxylation is 1. The number of aliphatic carboxylic acids is 1. The molecular weight excluding hydrogens is 354 g/mol. The number of carbonyl (C=O) groups excluding carboxylic acids is 3. The maximum Gasteiger partial charge on any atom is 0.322 e. The number of carboxylic acids is 1. The Morgan fingerprint density at radius 1 is 1.08 bits per heavy atom. The number of amides is 1. The second-order valence-electron chi connectivity index (χ2n) is 5.91. The van der Waals surface area contributed by atoms with E-state index in [1.165, 1.54) is 0 Å². The van der Waals surface area contributed by atoms with Gasteiger partial charge in [0.2, 0.25) is 11.0 Å². The Labute approximate surface area is 153 Å². The molecule has 1 atom stereocenters. The number of carbonyl (C=O) groups is 4. The maximum atomic E-state index is 12.6. The summed E-state index contributed by atoms with van der Waals surface area (Å²) in [7, 11) is 0. The molecule has 0 fully saturated rings. The van der Waals surface area contributed by atoms with Crippen molar-refractivity contribution in [3.05, 3.63) is 53.6 Å². The summed E-state index contributed by atoms with van der Waals surface area (Å²) in [6.07, 6.45) is 0. The lowest BCUT2D eigenvalue weighted by Crippen LogP contribution is -2.42. The van der Waals surface area contributed by atoms with Gasteiger partial charge in [-0.05, 0) is 41.9 Å². The van der Waals surface area contributed by atoms with E-state index in [1.54, 1.807) is 18.2 Å². The van der Waals surface area contributed by atoms with Crippen LogP contribution in [-0.2, 0) is 14.4 Å². The fourth-order valence-corrected chi connectivity index (χ4v) is 3.67. The van der Waals surface area contributed by atoms with Crippen molar-refractivity contribution in [3.63, 3.8) is 0 Å². The lowest BCUT2D eigenvalue weighted by Gasteiger charge is -2.21. The van der Waals surface area contributed by atoms with Gasteiger partial charge >= 0.3 is 5.97 Å². The van der Waals surface area contributed by atoms with Gasteiger partial charge in [-0.3, -0.25) is 19.2 Å². The molecule has 132 valence electrons. The van der Waals surface area contributed by atoms with Crippen LogP contribution >= 0.6 is 11.8 Å². The molecule has 0 radical (unpaired) electrons. The van der Waals surface area contributed by atoms with Gasteiger partial charge in [0.05, 0.1) is 0 Å². The number of fused-ring (bicyclic) bond motifs is 1. The highest BCUT2D eigenvalue weighted by molar-refractivity contribution is 8.14. The van der Waals surface area contributed by atoms with Gasteiger partial charge in [-0.1, -0.05) is 35.9 Å². The molecule has 26 heavy (non-hydrogen) atoms. The van der Waals surface area contributed by atoms with E-state index in [4.69, 9.17) is 5.11 Å². The second kappa shape index (κ2) is 7.13. The molecule has 7 heteroatoms. The Kier molecular flexibility index (Phi) is 4.90. The molecule has 0 saturated carbocycles. The van der Waals surface area contributed by atoms with Crippen LogP contribution in [0.1, 0.15) is 15.9 Å². The molecule has 0 aromatic heterocycles. The summed E-state index contributed by atoms with van der Waals surface area (Å²) < 4.78 is 0. The molecule has 1 amide bonds. The summed E-state index contributed by atoms with van der Waals surface area (Å²) in [4.78, 5) is 47.9. The molecule has 2 aromatic rings. The third kappa shape index (κ3) is 3.52. The van der Waals surface area contributed by atoms with Crippen molar-refractivity contribution in [3.8, 4) is 11.1 Å². The lowest BCUT2D eigenvalue weighted by molar-refractivity contribution is -0.139. The normalized spacial score (nSPS) is 16.1. The number of nitrogens with one attached hydrogen (secondary N) is 1. The van der Waals surface area contributed by atoms with Gasteiger partial charge in [-0.15, -0.1) is 0 Å². The third-order valence-corrected chi connectivity index (χ3v) is 5.01. The number of benzene rings is 2. The SMILES string of the molecule is Cc1ccc(-c2ccc3c(c2)SC(=O)C(C(=O)NCC(=O)O)C3=O)cc1. The van der Waals surface area contributed by atoms with E-state index < -0.39 is 35.2 Å². The molecule has 0 saturated heterocycles. The number of hydrogen-bond donors (Lipinski definition) is 2. The number of carboxylic acid groups (broad SMARTS) is 1. The Bertz CT molecular complexity index is 920. The highest BCUT2D eigenvalue weighted by Crippen LogP contribution is 2.37. The molecule has 0 aliphatic carbocycles. The first-order valence-electron chi connectivity index (χ1n) is 7.83. The highest BCUT2D eigenvalue weighted by Gasteiger charge is 2.40. The summed E-state index contributed by atoms with van der Waals surface area (Å²) in [5.41, 5.74) is 3.24. The molecule has 2 N–H and O–H groups in total. The van der Waals surface area contributed by atoms with Gasteiger partial charge in [0, 0.05) is 10.5 Å². The maximum absolute atomic E-state index is 12.6. The minimum Gasteiger partial charge on any atom is -0.480 e. The number of thioether (sulfide) groups is 1. The van der Waals surface area contributed by atoms with E-state index in [1.807, 2.05) is 31.2 Å². The molecule has 1 aliphatic rings. The zero-order chi connectivity index (χ0) is 18.8. The Hall–Kier alpha value is -2.93. The highest BCUT2D eigenvalue weighted by atomic mass is 32.2. The van der Waals surface area contributed by atoms with Crippen LogP contribution in [0.25, 0.3) is 11.1 Å². The average molecular weight is 369 g/mol. The molecule has 1 unspecified atom stereocenters. The van der Waals surface area contributed by atoms with Gasteiger partial charge in [-0.2, -0.15) is 0 Å². The summed E-state index contributed by atoms with van der Waals surface area (Å²) in [5, 5.41) is 10.1.